The molecule has 0 heterocycles. The molecule has 0 saturated carbocycles. The molecular formula is C13H24N2O3S. The minimum absolute atomic E-state index is 0.370. The third-order valence-electron chi connectivity index (χ3n) is 2.73. The Morgan fingerprint density at radius 1 is 1.11 bits per heavy atom. The van der Waals surface area contributed by atoms with Gasteiger partial charge in [0.1, 0.15) is 5.75 Å². The van der Waals surface area contributed by atoms with Gasteiger partial charge in [0, 0.05) is 5.69 Å². The Kier molecular flexibility index (Phi) is 8.38. The number of benzene rings is 1. The van der Waals surface area contributed by atoms with Gasteiger partial charge in [0.15, 0.2) is 0 Å². The molecule has 0 aliphatic heterocycles. The SMILES string of the molecule is CCN(CC)CC.Nc1ccccc1CS(=O)(=O)O. The van der Waals surface area contributed by atoms with Crippen molar-refractivity contribution in [3.8, 4) is 0 Å². The van der Waals surface area contributed by atoms with Gasteiger partial charge in [0.2, 0.25) is 0 Å². The first-order chi connectivity index (χ1) is 8.84. The van der Waals surface area contributed by atoms with Gasteiger partial charge in [0.25, 0.3) is 10.1 Å². The number of para-hydroxylation sites is 1. The van der Waals surface area contributed by atoms with Crippen LogP contribution in [0.2, 0.25) is 0 Å². The van der Waals surface area contributed by atoms with E-state index in [-0.39, 0.29) is 0 Å². The summed E-state index contributed by atoms with van der Waals surface area (Å²) in [7, 11) is -3.98. The fourth-order valence-electron chi connectivity index (χ4n) is 1.53. The number of nitrogens with zero attached hydrogens (tertiary/aromatic N) is 1. The number of anilines is 1. The lowest BCUT2D eigenvalue weighted by molar-refractivity contribution is 0.321. The first-order valence-corrected chi connectivity index (χ1v) is 7.95. The Bertz CT molecular complexity index is 451. The zero-order valence-corrected chi connectivity index (χ0v) is 12.7. The van der Waals surface area contributed by atoms with Crippen molar-refractivity contribution in [2.45, 2.75) is 26.5 Å². The average Bonchev–Trinajstić information content (AvgIpc) is 2.34. The Balaban J connectivity index is 0.000000399. The van der Waals surface area contributed by atoms with E-state index in [0.717, 1.165) is 0 Å². The average molecular weight is 288 g/mol. The molecule has 0 bridgehead atoms. The minimum atomic E-state index is -3.98. The Labute approximate surface area is 116 Å². The summed E-state index contributed by atoms with van der Waals surface area (Å²) in [6, 6.07) is 6.50. The first-order valence-electron chi connectivity index (χ1n) is 6.34. The molecule has 19 heavy (non-hydrogen) atoms. The fourth-order valence-corrected chi connectivity index (χ4v) is 2.19. The molecule has 110 valence electrons. The molecule has 0 unspecified atom stereocenters. The van der Waals surface area contributed by atoms with E-state index >= 15 is 0 Å². The van der Waals surface area contributed by atoms with Gasteiger partial charge in [0.05, 0.1) is 0 Å². The lowest BCUT2D eigenvalue weighted by Crippen LogP contribution is -2.21. The van der Waals surface area contributed by atoms with Crippen LogP contribution in [0.15, 0.2) is 24.3 Å². The van der Waals surface area contributed by atoms with Gasteiger partial charge in [-0.3, -0.25) is 4.55 Å². The van der Waals surface area contributed by atoms with Crippen LogP contribution in [0.4, 0.5) is 5.69 Å². The second-order valence-corrected chi connectivity index (χ2v) is 5.50. The predicted octanol–water partition coefficient (Wildman–Crippen LogP) is 2.00. The van der Waals surface area contributed by atoms with Gasteiger partial charge in [-0.25, -0.2) is 0 Å². The van der Waals surface area contributed by atoms with Crippen LogP contribution in [-0.2, 0) is 15.9 Å². The minimum Gasteiger partial charge on any atom is -0.398 e. The van der Waals surface area contributed by atoms with Gasteiger partial charge < -0.3 is 10.6 Å². The zero-order chi connectivity index (χ0) is 14.9. The van der Waals surface area contributed by atoms with Gasteiger partial charge in [-0.15, -0.1) is 0 Å². The molecule has 0 spiro atoms. The van der Waals surface area contributed by atoms with Crippen LogP contribution in [0.5, 0.6) is 0 Å². The summed E-state index contributed by atoms with van der Waals surface area (Å²) in [5, 5.41) is 0. The maximum absolute atomic E-state index is 10.5. The van der Waals surface area contributed by atoms with Crippen LogP contribution in [0.3, 0.4) is 0 Å². The maximum Gasteiger partial charge on any atom is 0.269 e. The summed E-state index contributed by atoms with van der Waals surface area (Å²) in [5.41, 5.74) is 6.24. The second kappa shape index (κ2) is 8.90. The lowest BCUT2D eigenvalue weighted by atomic mass is 10.2. The van der Waals surface area contributed by atoms with E-state index < -0.39 is 15.9 Å². The number of nitrogens with two attached hydrogens (primary N) is 1. The van der Waals surface area contributed by atoms with Crippen molar-refractivity contribution in [1.29, 1.82) is 0 Å². The van der Waals surface area contributed by atoms with Crippen LogP contribution < -0.4 is 5.73 Å². The van der Waals surface area contributed by atoms with Crippen LogP contribution >= 0.6 is 0 Å². The van der Waals surface area contributed by atoms with E-state index in [4.69, 9.17) is 10.3 Å². The molecule has 0 fully saturated rings. The maximum atomic E-state index is 10.5. The van der Waals surface area contributed by atoms with Crippen molar-refractivity contribution in [3.05, 3.63) is 29.8 Å². The van der Waals surface area contributed by atoms with Crippen LogP contribution in [-0.4, -0.2) is 37.5 Å². The highest BCUT2D eigenvalue weighted by atomic mass is 32.2. The third kappa shape index (κ3) is 8.58. The van der Waals surface area contributed by atoms with Crippen molar-refractivity contribution >= 4 is 15.8 Å². The molecule has 0 saturated heterocycles. The molecular weight excluding hydrogens is 264 g/mol. The molecule has 1 aromatic rings. The molecule has 0 radical (unpaired) electrons. The quantitative estimate of drug-likeness (QED) is 0.639. The van der Waals surface area contributed by atoms with E-state index in [0.29, 0.717) is 11.3 Å². The van der Waals surface area contributed by atoms with Crippen molar-refractivity contribution in [3.63, 3.8) is 0 Å². The van der Waals surface area contributed by atoms with Gasteiger partial charge in [-0.1, -0.05) is 39.0 Å². The molecule has 3 N–H and O–H groups in total. The first kappa shape index (κ1) is 17.9. The van der Waals surface area contributed by atoms with Crippen molar-refractivity contribution in [1.82, 2.24) is 4.90 Å². The summed E-state index contributed by atoms with van der Waals surface area (Å²) in [4.78, 5) is 2.38. The third-order valence-corrected chi connectivity index (χ3v) is 3.41. The summed E-state index contributed by atoms with van der Waals surface area (Å²) < 4.78 is 29.4. The molecule has 1 rings (SSSR count). The van der Waals surface area contributed by atoms with Crippen LogP contribution in [0, 0.1) is 0 Å². The van der Waals surface area contributed by atoms with Crippen molar-refractivity contribution < 1.29 is 13.0 Å². The van der Waals surface area contributed by atoms with Gasteiger partial charge in [-0.2, -0.15) is 8.42 Å². The highest BCUT2D eigenvalue weighted by Crippen LogP contribution is 2.12. The predicted molar refractivity (Wildman–Crippen MR) is 79.6 cm³/mol. The molecule has 6 heteroatoms. The monoisotopic (exact) mass is 288 g/mol. The number of nitrogen functional groups attached to an aromatic ring is 1. The summed E-state index contributed by atoms with van der Waals surface area (Å²) in [6.07, 6.45) is 0. The normalized spacial score (nSPS) is 11.0. The molecule has 0 aliphatic carbocycles. The van der Waals surface area contributed by atoms with E-state index in [1.807, 2.05) is 0 Å². The highest BCUT2D eigenvalue weighted by Gasteiger charge is 2.07. The Hall–Kier alpha value is -1.11. The topological polar surface area (TPSA) is 83.6 Å². The largest absolute Gasteiger partial charge is 0.398 e. The number of hydrogen-bond donors (Lipinski definition) is 2. The molecule has 0 atom stereocenters. The van der Waals surface area contributed by atoms with Gasteiger partial charge in [-0.05, 0) is 31.3 Å². The molecule has 1 aromatic carbocycles. The number of hydrogen-bond acceptors (Lipinski definition) is 4. The second-order valence-electron chi connectivity index (χ2n) is 4.04. The van der Waals surface area contributed by atoms with Crippen LogP contribution in [0.25, 0.3) is 0 Å². The van der Waals surface area contributed by atoms with E-state index in [1.165, 1.54) is 19.6 Å². The van der Waals surface area contributed by atoms with E-state index in [2.05, 4.69) is 25.7 Å². The Morgan fingerprint density at radius 2 is 1.58 bits per heavy atom. The zero-order valence-electron chi connectivity index (χ0n) is 11.8. The van der Waals surface area contributed by atoms with Crippen LogP contribution in [0.1, 0.15) is 26.3 Å². The smallest absolute Gasteiger partial charge is 0.269 e. The standard InChI is InChI=1S/C7H9NO3S.C6H15N/c8-7-4-2-1-3-6(7)5-12(9,10)11;1-4-7(5-2)6-3/h1-4H,5,8H2,(H,9,10,11);4-6H2,1-3H3. The molecule has 0 amide bonds. The van der Waals surface area contributed by atoms with E-state index in [1.54, 1.807) is 24.3 Å². The van der Waals surface area contributed by atoms with Crippen molar-refractivity contribution in [2.75, 3.05) is 25.4 Å². The summed E-state index contributed by atoms with van der Waals surface area (Å²) in [6.45, 7) is 10.1. The van der Waals surface area contributed by atoms with Crippen molar-refractivity contribution in [2.24, 2.45) is 0 Å². The molecule has 0 aliphatic rings. The Morgan fingerprint density at radius 3 is 1.89 bits per heavy atom. The highest BCUT2D eigenvalue weighted by molar-refractivity contribution is 7.85. The van der Waals surface area contributed by atoms with Gasteiger partial charge >= 0.3 is 0 Å². The lowest BCUT2D eigenvalue weighted by Gasteiger charge is -2.13. The summed E-state index contributed by atoms with van der Waals surface area (Å²) >= 11 is 0. The number of rotatable bonds is 5. The van der Waals surface area contributed by atoms with E-state index in [9.17, 15) is 8.42 Å². The summed E-state index contributed by atoms with van der Waals surface area (Å²) in [5.74, 6) is -0.431. The molecule has 5 nitrogen and oxygen atoms in total. The molecule has 0 aromatic heterocycles. The fraction of sp³-hybridized carbons (Fsp3) is 0.538.